The minimum atomic E-state index is 0.298. The molecule has 2 heteroatoms. The quantitative estimate of drug-likeness (QED) is 0.693. The van der Waals surface area contributed by atoms with Crippen LogP contribution in [0, 0.1) is 5.92 Å². The van der Waals surface area contributed by atoms with E-state index >= 15 is 0 Å². The summed E-state index contributed by atoms with van der Waals surface area (Å²) in [6.07, 6.45) is 4.40. The third kappa shape index (κ3) is 4.77. The summed E-state index contributed by atoms with van der Waals surface area (Å²) in [7, 11) is 0. The maximum absolute atomic E-state index is 6.17. The molecule has 0 radical (unpaired) electrons. The number of hydrogen-bond donors (Lipinski definition) is 2. The Kier molecular flexibility index (Phi) is 6.12. The summed E-state index contributed by atoms with van der Waals surface area (Å²) in [6.45, 7) is 3.01. The van der Waals surface area contributed by atoms with Crippen LogP contribution in [0.25, 0.3) is 0 Å². The van der Waals surface area contributed by atoms with Gasteiger partial charge in [0.15, 0.2) is 0 Å². The molecule has 0 saturated carbocycles. The molecule has 0 aliphatic carbocycles. The van der Waals surface area contributed by atoms with Gasteiger partial charge < -0.3 is 11.5 Å². The van der Waals surface area contributed by atoms with Crippen LogP contribution in [0.5, 0.6) is 0 Å². The van der Waals surface area contributed by atoms with E-state index in [9.17, 15) is 0 Å². The Morgan fingerprint density at radius 3 is 2.44 bits per heavy atom. The monoisotopic (exact) mass is 220 g/mol. The van der Waals surface area contributed by atoms with Crippen LogP contribution >= 0.6 is 0 Å². The first-order chi connectivity index (χ1) is 7.74. The predicted octanol–water partition coefficient (Wildman–Crippen LogP) is 2.32. The average molecular weight is 220 g/mol. The SMILES string of the molecule is CC(Cc1ccccc1)C(N)CCCCN. The fraction of sp³-hybridized carbons (Fsp3) is 0.571. The lowest BCUT2D eigenvalue weighted by molar-refractivity contribution is 0.416. The Balaban J connectivity index is 2.31. The summed E-state index contributed by atoms with van der Waals surface area (Å²) in [4.78, 5) is 0. The second kappa shape index (κ2) is 7.42. The predicted molar refractivity (Wildman–Crippen MR) is 70.2 cm³/mol. The van der Waals surface area contributed by atoms with Crippen molar-refractivity contribution < 1.29 is 0 Å². The van der Waals surface area contributed by atoms with E-state index in [1.165, 1.54) is 5.56 Å². The van der Waals surface area contributed by atoms with E-state index in [0.29, 0.717) is 12.0 Å². The summed E-state index contributed by atoms with van der Waals surface area (Å²) in [5.41, 5.74) is 13.0. The highest BCUT2D eigenvalue weighted by Crippen LogP contribution is 2.14. The molecule has 4 N–H and O–H groups in total. The van der Waals surface area contributed by atoms with Crippen molar-refractivity contribution in [3.8, 4) is 0 Å². The van der Waals surface area contributed by atoms with Gasteiger partial charge in [0.05, 0.1) is 0 Å². The van der Waals surface area contributed by atoms with Crippen molar-refractivity contribution in [3.63, 3.8) is 0 Å². The van der Waals surface area contributed by atoms with E-state index in [-0.39, 0.29) is 0 Å². The maximum Gasteiger partial charge on any atom is 0.00677 e. The second-order valence-electron chi connectivity index (χ2n) is 4.62. The lowest BCUT2D eigenvalue weighted by Gasteiger charge is -2.19. The zero-order valence-corrected chi connectivity index (χ0v) is 10.2. The number of hydrogen-bond acceptors (Lipinski definition) is 2. The molecule has 2 unspecified atom stereocenters. The van der Waals surface area contributed by atoms with Crippen molar-refractivity contribution in [3.05, 3.63) is 35.9 Å². The van der Waals surface area contributed by atoms with Crippen molar-refractivity contribution >= 4 is 0 Å². The fourth-order valence-corrected chi connectivity index (χ4v) is 1.95. The van der Waals surface area contributed by atoms with Crippen LogP contribution in [0.1, 0.15) is 31.7 Å². The molecule has 0 saturated heterocycles. The van der Waals surface area contributed by atoms with E-state index < -0.39 is 0 Å². The van der Waals surface area contributed by atoms with Gasteiger partial charge in [-0.1, -0.05) is 43.7 Å². The van der Waals surface area contributed by atoms with Crippen molar-refractivity contribution in [1.29, 1.82) is 0 Å². The van der Waals surface area contributed by atoms with Gasteiger partial charge in [-0.05, 0) is 37.3 Å². The highest BCUT2D eigenvalue weighted by molar-refractivity contribution is 5.15. The second-order valence-corrected chi connectivity index (χ2v) is 4.62. The third-order valence-corrected chi connectivity index (χ3v) is 3.12. The first-order valence-electron chi connectivity index (χ1n) is 6.23. The molecule has 16 heavy (non-hydrogen) atoms. The lowest BCUT2D eigenvalue weighted by atomic mass is 9.91. The Hall–Kier alpha value is -0.860. The summed E-state index contributed by atoms with van der Waals surface area (Å²) >= 11 is 0. The van der Waals surface area contributed by atoms with E-state index in [1.807, 2.05) is 0 Å². The van der Waals surface area contributed by atoms with Crippen LogP contribution in [-0.2, 0) is 6.42 Å². The Bertz CT molecular complexity index is 271. The van der Waals surface area contributed by atoms with Crippen LogP contribution in [-0.4, -0.2) is 12.6 Å². The highest BCUT2D eigenvalue weighted by atomic mass is 14.6. The molecule has 0 heterocycles. The van der Waals surface area contributed by atoms with Crippen LogP contribution in [0.15, 0.2) is 30.3 Å². The van der Waals surface area contributed by atoms with E-state index in [4.69, 9.17) is 11.5 Å². The Morgan fingerprint density at radius 2 is 1.81 bits per heavy atom. The molecule has 0 fully saturated rings. The first-order valence-corrected chi connectivity index (χ1v) is 6.23. The normalized spacial score (nSPS) is 14.7. The minimum absolute atomic E-state index is 0.298. The molecule has 1 aromatic carbocycles. The molecular formula is C14H24N2. The Labute approximate surface area is 99.0 Å². The molecule has 1 rings (SSSR count). The zero-order chi connectivity index (χ0) is 11.8. The molecule has 0 aromatic heterocycles. The molecule has 0 aliphatic heterocycles. The van der Waals surface area contributed by atoms with Gasteiger partial charge >= 0.3 is 0 Å². The summed E-state index contributed by atoms with van der Waals surface area (Å²) in [5.74, 6) is 0.542. The van der Waals surface area contributed by atoms with E-state index in [2.05, 4.69) is 37.3 Å². The summed E-state index contributed by atoms with van der Waals surface area (Å²) < 4.78 is 0. The van der Waals surface area contributed by atoms with Gasteiger partial charge in [-0.15, -0.1) is 0 Å². The molecule has 0 amide bonds. The smallest absolute Gasteiger partial charge is 0.00677 e. The average Bonchev–Trinajstić information content (AvgIpc) is 2.30. The molecule has 0 bridgehead atoms. The van der Waals surface area contributed by atoms with Gasteiger partial charge in [-0.3, -0.25) is 0 Å². The molecule has 0 spiro atoms. The Morgan fingerprint density at radius 1 is 1.12 bits per heavy atom. The number of benzene rings is 1. The van der Waals surface area contributed by atoms with Gasteiger partial charge in [0.25, 0.3) is 0 Å². The summed E-state index contributed by atoms with van der Waals surface area (Å²) in [6, 6.07) is 10.9. The van der Waals surface area contributed by atoms with Crippen LogP contribution < -0.4 is 11.5 Å². The number of unbranched alkanes of at least 4 members (excludes halogenated alkanes) is 1. The van der Waals surface area contributed by atoms with E-state index in [0.717, 1.165) is 32.2 Å². The van der Waals surface area contributed by atoms with Crippen molar-refractivity contribution in [1.82, 2.24) is 0 Å². The maximum atomic E-state index is 6.17. The topological polar surface area (TPSA) is 52.0 Å². The van der Waals surface area contributed by atoms with Crippen LogP contribution in [0.4, 0.5) is 0 Å². The fourth-order valence-electron chi connectivity index (χ4n) is 1.95. The molecule has 2 atom stereocenters. The van der Waals surface area contributed by atoms with Gasteiger partial charge in [-0.25, -0.2) is 0 Å². The standard InChI is InChI=1S/C14H24N2/c1-12(14(16)9-5-6-10-15)11-13-7-3-2-4-8-13/h2-4,7-8,12,14H,5-6,9-11,15-16H2,1H3. The van der Waals surface area contributed by atoms with Crippen molar-refractivity contribution in [2.24, 2.45) is 17.4 Å². The zero-order valence-electron chi connectivity index (χ0n) is 10.2. The van der Waals surface area contributed by atoms with Gasteiger partial charge in [0, 0.05) is 6.04 Å². The highest BCUT2D eigenvalue weighted by Gasteiger charge is 2.12. The van der Waals surface area contributed by atoms with E-state index in [1.54, 1.807) is 0 Å². The summed E-state index contributed by atoms with van der Waals surface area (Å²) in [5, 5.41) is 0. The van der Waals surface area contributed by atoms with Crippen LogP contribution in [0.3, 0.4) is 0 Å². The molecular weight excluding hydrogens is 196 g/mol. The third-order valence-electron chi connectivity index (χ3n) is 3.12. The molecule has 0 aliphatic rings. The number of rotatable bonds is 7. The largest absolute Gasteiger partial charge is 0.330 e. The van der Waals surface area contributed by atoms with Gasteiger partial charge in [-0.2, -0.15) is 0 Å². The van der Waals surface area contributed by atoms with Gasteiger partial charge in [0.1, 0.15) is 0 Å². The molecule has 1 aromatic rings. The molecule has 2 nitrogen and oxygen atoms in total. The minimum Gasteiger partial charge on any atom is -0.330 e. The molecule has 90 valence electrons. The lowest BCUT2D eigenvalue weighted by Crippen LogP contribution is -2.29. The van der Waals surface area contributed by atoms with Crippen molar-refractivity contribution in [2.75, 3.05) is 6.54 Å². The van der Waals surface area contributed by atoms with Gasteiger partial charge in [0.2, 0.25) is 0 Å². The van der Waals surface area contributed by atoms with Crippen LogP contribution in [0.2, 0.25) is 0 Å². The number of nitrogens with two attached hydrogens (primary N) is 2. The first kappa shape index (κ1) is 13.2. The van der Waals surface area contributed by atoms with Crippen molar-refractivity contribution in [2.45, 2.75) is 38.6 Å².